The Balaban J connectivity index is 1.82. The molecule has 0 aliphatic carbocycles. The van der Waals surface area contributed by atoms with Crippen molar-refractivity contribution in [3.8, 4) is 0 Å². The van der Waals surface area contributed by atoms with Crippen LogP contribution in [0.1, 0.15) is 21.6 Å². The number of aryl methyl sites for hydroxylation is 1. The highest BCUT2D eigenvalue weighted by Crippen LogP contribution is 2.20. The Labute approximate surface area is 149 Å². The number of rotatable bonds is 4. The zero-order chi connectivity index (χ0) is 17.8. The summed E-state index contributed by atoms with van der Waals surface area (Å²) in [4.78, 5) is 24.4. The monoisotopic (exact) mass is 353 g/mol. The molecule has 0 saturated heterocycles. The molecule has 1 heterocycles. The molecule has 0 unspecified atom stereocenters. The molecule has 0 spiro atoms. The van der Waals surface area contributed by atoms with Crippen LogP contribution in [0, 0.1) is 6.92 Å². The highest BCUT2D eigenvalue weighted by atomic mass is 35.5. The van der Waals surface area contributed by atoms with Crippen molar-refractivity contribution in [2.24, 2.45) is 0 Å². The fraction of sp³-hybridized carbons (Fsp3) is 0.105. The van der Waals surface area contributed by atoms with E-state index < -0.39 is 5.91 Å². The summed E-state index contributed by atoms with van der Waals surface area (Å²) >= 11 is 6.07. The Morgan fingerprint density at radius 2 is 1.88 bits per heavy atom. The first-order chi connectivity index (χ1) is 12.0. The van der Waals surface area contributed by atoms with Gasteiger partial charge < -0.3 is 5.32 Å². The minimum absolute atomic E-state index is 0.159. The number of carbonyl (C=O) groups excluding carboxylic acids is 1. The highest BCUT2D eigenvalue weighted by Gasteiger charge is 2.11. The van der Waals surface area contributed by atoms with Crippen LogP contribution in [0.25, 0.3) is 0 Å². The van der Waals surface area contributed by atoms with Gasteiger partial charge in [-0.2, -0.15) is 5.10 Å². The molecule has 0 fully saturated rings. The van der Waals surface area contributed by atoms with Crippen LogP contribution in [-0.2, 0) is 6.54 Å². The van der Waals surface area contributed by atoms with Crippen molar-refractivity contribution >= 4 is 23.2 Å². The van der Waals surface area contributed by atoms with E-state index in [1.165, 1.54) is 16.8 Å². The van der Waals surface area contributed by atoms with Gasteiger partial charge in [0, 0.05) is 16.8 Å². The van der Waals surface area contributed by atoms with Crippen molar-refractivity contribution < 1.29 is 4.79 Å². The van der Waals surface area contributed by atoms with Crippen molar-refractivity contribution in [1.29, 1.82) is 0 Å². The van der Waals surface area contributed by atoms with Gasteiger partial charge in [-0.05, 0) is 36.2 Å². The molecule has 1 amide bonds. The zero-order valence-corrected chi connectivity index (χ0v) is 14.3. The molecule has 25 heavy (non-hydrogen) atoms. The summed E-state index contributed by atoms with van der Waals surface area (Å²) in [6, 6.07) is 17.5. The molecule has 0 saturated carbocycles. The van der Waals surface area contributed by atoms with Crippen LogP contribution in [0.15, 0.2) is 65.5 Å². The van der Waals surface area contributed by atoms with Gasteiger partial charge in [-0.1, -0.05) is 48.0 Å². The van der Waals surface area contributed by atoms with Gasteiger partial charge in [0.15, 0.2) is 0 Å². The van der Waals surface area contributed by atoms with E-state index in [0.29, 0.717) is 17.3 Å². The quantitative estimate of drug-likeness (QED) is 0.780. The van der Waals surface area contributed by atoms with Crippen molar-refractivity contribution in [1.82, 2.24) is 9.78 Å². The third-order valence-corrected chi connectivity index (χ3v) is 4.11. The van der Waals surface area contributed by atoms with Crippen molar-refractivity contribution in [2.45, 2.75) is 13.5 Å². The number of amides is 1. The Morgan fingerprint density at radius 1 is 1.12 bits per heavy atom. The fourth-order valence-electron chi connectivity index (χ4n) is 2.31. The SMILES string of the molecule is Cc1ccc(NC(=O)c2ccc(=O)n(Cc3ccccc3)n2)cc1Cl. The summed E-state index contributed by atoms with van der Waals surface area (Å²) in [6.07, 6.45) is 0. The van der Waals surface area contributed by atoms with E-state index in [4.69, 9.17) is 11.6 Å². The lowest BCUT2D eigenvalue weighted by Crippen LogP contribution is -2.26. The zero-order valence-electron chi connectivity index (χ0n) is 13.6. The molecule has 0 atom stereocenters. The maximum atomic E-state index is 12.4. The molecule has 0 radical (unpaired) electrons. The number of halogens is 1. The average Bonchev–Trinajstić information content (AvgIpc) is 2.61. The normalized spacial score (nSPS) is 10.5. The first-order valence-electron chi connectivity index (χ1n) is 7.72. The molecule has 3 rings (SSSR count). The third kappa shape index (κ3) is 4.14. The van der Waals surface area contributed by atoms with Crippen LogP contribution < -0.4 is 10.9 Å². The molecule has 1 aromatic heterocycles. The summed E-state index contributed by atoms with van der Waals surface area (Å²) in [6.45, 7) is 2.19. The minimum atomic E-state index is -0.401. The number of hydrogen-bond donors (Lipinski definition) is 1. The van der Waals surface area contributed by atoms with Gasteiger partial charge in [0.25, 0.3) is 11.5 Å². The van der Waals surface area contributed by atoms with Crippen LogP contribution in [0.5, 0.6) is 0 Å². The maximum Gasteiger partial charge on any atom is 0.276 e. The Bertz CT molecular complexity index is 968. The van der Waals surface area contributed by atoms with Gasteiger partial charge in [0.2, 0.25) is 0 Å². The molecular formula is C19H16ClN3O2. The molecule has 0 bridgehead atoms. The number of anilines is 1. The van der Waals surface area contributed by atoms with Crippen molar-refractivity contribution in [3.63, 3.8) is 0 Å². The standard InChI is InChI=1S/C19H16ClN3O2/c1-13-7-8-15(11-16(13)20)21-19(25)17-9-10-18(24)23(22-17)12-14-5-3-2-4-6-14/h2-11H,12H2,1H3,(H,21,25). The van der Waals surface area contributed by atoms with E-state index in [1.54, 1.807) is 12.1 Å². The van der Waals surface area contributed by atoms with Crippen molar-refractivity contribution in [3.05, 3.63) is 92.9 Å². The second-order valence-corrected chi connectivity index (χ2v) is 6.03. The van der Waals surface area contributed by atoms with E-state index in [0.717, 1.165) is 11.1 Å². The molecule has 0 aliphatic rings. The van der Waals surface area contributed by atoms with Gasteiger partial charge >= 0.3 is 0 Å². The molecule has 126 valence electrons. The predicted octanol–water partition coefficient (Wildman–Crippen LogP) is 3.51. The lowest BCUT2D eigenvalue weighted by molar-refractivity contribution is 0.102. The van der Waals surface area contributed by atoms with Crippen LogP contribution in [0.2, 0.25) is 5.02 Å². The van der Waals surface area contributed by atoms with Gasteiger partial charge in [0.1, 0.15) is 5.69 Å². The molecule has 5 nitrogen and oxygen atoms in total. The van der Waals surface area contributed by atoms with Gasteiger partial charge in [-0.3, -0.25) is 9.59 Å². The number of hydrogen-bond acceptors (Lipinski definition) is 3. The van der Waals surface area contributed by atoms with Crippen LogP contribution in [0.3, 0.4) is 0 Å². The Morgan fingerprint density at radius 3 is 2.60 bits per heavy atom. The van der Waals surface area contributed by atoms with Crippen LogP contribution in [0.4, 0.5) is 5.69 Å². The summed E-state index contributed by atoms with van der Waals surface area (Å²) in [5, 5.41) is 7.47. The maximum absolute atomic E-state index is 12.4. The van der Waals surface area contributed by atoms with E-state index in [1.807, 2.05) is 43.3 Å². The number of carbonyl (C=O) groups is 1. The number of nitrogens with zero attached hydrogens (tertiary/aromatic N) is 2. The fourth-order valence-corrected chi connectivity index (χ4v) is 2.49. The molecular weight excluding hydrogens is 338 g/mol. The predicted molar refractivity (Wildman–Crippen MR) is 98.2 cm³/mol. The summed E-state index contributed by atoms with van der Waals surface area (Å²) in [5.41, 5.74) is 2.32. The average molecular weight is 354 g/mol. The first kappa shape index (κ1) is 16.9. The second-order valence-electron chi connectivity index (χ2n) is 5.62. The van der Waals surface area contributed by atoms with E-state index in [2.05, 4.69) is 10.4 Å². The molecule has 6 heteroatoms. The molecule has 0 aliphatic heterocycles. The minimum Gasteiger partial charge on any atom is -0.321 e. The largest absolute Gasteiger partial charge is 0.321 e. The Kier molecular flexibility index (Phi) is 4.95. The molecule has 2 aromatic carbocycles. The summed E-state index contributed by atoms with van der Waals surface area (Å²) in [5.74, 6) is -0.401. The first-order valence-corrected chi connectivity index (χ1v) is 8.10. The topological polar surface area (TPSA) is 64.0 Å². The summed E-state index contributed by atoms with van der Waals surface area (Å²) < 4.78 is 1.27. The van der Waals surface area contributed by atoms with E-state index in [9.17, 15) is 9.59 Å². The van der Waals surface area contributed by atoms with Gasteiger partial charge in [0.05, 0.1) is 6.54 Å². The summed E-state index contributed by atoms with van der Waals surface area (Å²) in [7, 11) is 0. The molecule has 1 N–H and O–H groups in total. The number of benzene rings is 2. The van der Waals surface area contributed by atoms with Crippen LogP contribution >= 0.6 is 11.6 Å². The third-order valence-electron chi connectivity index (χ3n) is 3.70. The molecule has 3 aromatic rings. The van der Waals surface area contributed by atoms with Crippen molar-refractivity contribution in [2.75, 3.05) is 5.32 Å². The van der Waals surface area contributed by atoms with Crippen LogP contribution in [-0.4, -0.2) is 15.7 Å². The lowest BCUT2D eigenvalue weighted by Gasteiger charge is -2.09. The Hall–Kier alpha value is -2.92. The highest BCUT2D eigenvalue weighted by molar-refractivity contribution is 6.31. The lowest BCUT2D eigenvalue weighted by atomic mass is 10.2. The van der Waals surface area contributed by atoms with E-state index in [-0.39, 0.29) is 11.3 Å². The smallest absolute Gasteiger partial charge is 0.276 e. The van der Waals surface area contributed by atoms with E-state index >= 15 is 0 Å². The second kappa shape index (κ2) is 7.32. The van der Waals surface area contributed by atoms with Gasteiger partial charge in [-0.25, -0.2) is 4.68 Å². The number of nitrogens with one attached hydrogen (secondary N) is 1. The number of aromatic nitrogens is 2. The van der Waals surface area contributed by atoms with Gasteiger partial charge in [-0.15, -0.1) is 0 Å².